The zero-order chi connectivity index (χ0) is 14.0. The third-order valence-corrected chi connectivity index (χ3v) is 2.80. The third-order valence-electron chi connectivity index (χ3n) is 2.80. The van der Waals surface area contributed by atoms with E-state index in [0.717, 1.165) is 0 Å². The number of nitrogens with zero attached hydrogens (tertiary/aromatic N) is 2. The van der Waals surface area contributed by atoms with Gasteiger partial charge in [0.1, 0.15) is 5.65 Å². The predicted octanol–water partition coefficient (Wildman–Crippen LogP) is 2.63. The quantitative estimate of drug-likeness (QED) is 0.850. The zero-order valence-electron chi connectivity index (χ0n) is 10.2. The van der Waals surface area contributed by atoms with Crippen LogP contribution >= 0.6 is 0 Å². The molecule has 19 heavy (non-hydrogen) atoms. The van der Waals surface area contributed by atoms with E-state index in [1.54, 1.807) is 29.7 Å². The first-order chi connectivity index (χ1) is 8.92. The molecular weight excluding hydrogens is 262 g/mol. The van der Waals surface area contributed by atoms with Gasteiger partial charge in [-0.05, 0) is 19.1 Å². The van der Waals surface area contributed by atoms with Gasteiger partial charge in [0.05, 0.1) is 17.9 Å². The lowest BCUT2D eigenvalue weighted by atomic mass is 10.3. The van der Waals surface area contributed by atoms with Crippen molar-refractivity contribution in [1.82, 2.24) is 14.7 Å². The fraction of sp³-hybridized carbons (Fsp3) is 0.417. The van der Waals surface area contributed by atoms with Crippen molar-refractivity contribution in [3.8, 4) is 0 Å². The van der Waals surface area contributed by atoms with Crippen LogP contribution in [-0.2, 0) is 6.54 Å². The van der Waals surface area contributed by atoms with Crippen LogP contribution in [0.5, 0.6) is 0 Å². The fourth-order valence-electron chi connectivity index (χ4n) is 1.80. The van der Waals surface area contributed by atoms with Gasteiger partial charge in [0.2, 0.25) is 0 Å². The number of pyridine rings is 1. The number of imidazole rings is 1. The topological polar surface area (TPSA) is 29.3 Å². The lowest BCUT2D eigenvalue weighted by molar-refractivity contribution is -0.125. The number of hydrogen-bond donors (Lipinski definition) is 1. The van der Waals surface area contributed by atoms with E-state index in [9.17, 15) is 17.6 Å². The molecule has 0 aliphatic carbocycles. The van der Waals surface area contributed by atoms with Gasteiger partial charge in [-0.15, -0.1) is 0 Å². The monoisotopic (exact) mass is 275 g/mol. The molecular formula is C12H13F4N3. The highest BCUT2D eigenvalue weighted by Gasteiger charge is 2.40. The van der Waals surface area contributed by atoms with Gasteiger partial charge in [0, 0.05) is 12.7 Å². The van der Waals surface area contributed by atoms with E-state index in [1.165, 1.54) is 0 Å². The predicted molar refractivity (Wildman–Crippen MR) is 62.6 cm³/mol. The molecule has 7 heteroatoms. The van der Waals surface area contributed by atoms with E-state index >= 15 is 0 Å². The van der Waals surface area contributed by atoms with Crippen LogP contribution in [0.2, 0.25) is 0 Å². The standard InChI is InChI=1S/C12H13F4N3/c1-8-9(6-17-7-12(15,16)11(13)14)19-5-3-2-4-10(19)18-8/h2-5,11,17H,6-7H2,1H3. The van der Waals surface area contributed by atoms with E-state index in [1.807, 2.05) is 6.07 Å². The van der Waals surface area contributed by atoms with E-state index in [4.69, 9.17) is 0 Å². The molecule has 0 fully saturated rings. The summed E-state index contributed by atoms with van der Waals surface area (Å²) >= 11 is 0. The first-order valence-electron chi connectivity index (χ1n) is 5.71. The second kappa shape index (κ2) is 5.16. The molecule has 2 heterocycles. The molecule has 0 aliphatic heterocycles. The number of fused-ring (bicyclic) bond motifs is 1. The van der Waals surface area contributed by atoms with E-state index < -0.39 is 18.9 Å². The summed E-state index contributed by atoms with van der Waals surface area (Å²) in [6.45, 7) is 0.735. The Hall–Kier alpha value is -1.63. The Balaban J connectivity index is 2.08. The molecule has 2 aromatic heterocycles. The molecule has 2 aromatic rings. The molecule has 3 nitrogen and oxygen atoms in total. The minimum absolute atomic E-state index is 0.0549. The van der Waals surface area contributed by atoms with Crippen molar-refractivity contribution >= 4 is 5.65 Å². The minimum atomic E-state index is -4.02. The largest absolute Gasteiger partial charge is 0.319 e. The lowest BCUT2D eigenvalue weighted by Gasteiger charge is -2.15. The zero-order valence-corrected chi connectivity index (χ0v) is 10.2. The summed E-state index contributed by atoms with van der Waals surface area (Å²) < 4.78 is 51.3. The molecule has 0 bridgehead atoms. The third kappa shape index (κ3) is 2.86. The van der Waals surface area contributed by atoms with Gasteiger partial charge in [-0.1, -0.05) is 6.07 Å². The van der Waals surface area contributed by atoms with Gasteiger partial charge in [-0.25, -0.2) is 13.8 Å². The van der Waals surface area contributed by atoms with Crippen LogP contribution < -0.4 is 5.32 Å². The van der Waals surface area contributed by atoms with Crippen molar-refractivity contribution in [2.24, 2.45) is 0 Å². The molecule has 0 amide bonds. The second-order valence-corrected chi connectivity index (χ2v) is 4.24. The Kier molecular flexibility index (Phi) is 3.75. The SMILES string of the molecule is Cc1nc2ccccn2c1CNCC(F)(F)C(F)F. The summed E-state index contributed by atoms with van der Waals surface area (Å²) in [6.07, 6.45) is -1.92. The van der Waals surface area contributed by atoms with Crippen molar-refractivity contribution < 1.29 is 17.6 Å². The Morgan fingerprint density at radius 2 is 2.11 bits per heavy atom. The van der Waals surface area contributed by atoms with Crippen molar-refractivity contribution in [2.45, 2.75) is 25.8 Å². The fourth-order valence-corrected chi connectivity index (χ4v) is 1.80. The highest BCUT2D eigenvalue weighted by molar-refractivity contribution is 5.42. The molecule has 0 aliphatic rings. The van der Waals surface area contributed by atoms with Crippen LogP contribution in [0, 0.1) is 6.92 Å². The van der Waals surface area contributed by atoms with Gasteiger partial charge in [0.15, 0.2) is 0 Å². The maximum atomic E-state index is 12.8. The van der Waals surface area contributed by atoms with Crippen molar-refractivity contribution in [3.63, 3.8) is 0 Å². The lowest BCUT2D eigenvalue weighted by Crippen LogP contribution is -2.38. The van der Waals surface area contributed by atoms with Crippen molar-refractivity contribution in [1.29, 1.82) is 0 Å². The summed E-state index contributed by atoms with van der Waals surface area (Å²) in [6, 6.07) is 5.37. The molecule has 1 N–H and O–H groups in total. The van der Waals surface area contributed by atoms with Crippen LogP contribution in [-0.4, -0.2) is 28.3 Å². The van der Waals surface area contributed by atoms with Gasteiger partial charge in [-0.3, -0.25) is 0 Å². The number of nitrogens with one attached hydrogen (secondary N) is 1. The Bertz CT molecular complexity index is 565. The minimum Gasteiger partial charge on any atom is -0.305 e. The number of alkyl halides is 4. The summed E-state index contributed by atoms with van der Waals surface area (Å²) in [5.74, 6) is -4.02. The summed E-state index contributed by atoms with van der Waals surface area (Å²) in [5.41, 5.74) is 2.05. The maximum Gasteiger partial charge on any atom is 0.319 e. The second-order valence-electron chi connectivity index (χ2n) is 4.24. The first kappa shape index (κ1) is 13.8. The molecule has 0 aromatic carbocycles. The van der Waals surface area contributed by atoms with E-state index in [0.29, 0.717) is 17.0 Å². The highest BCUT2D eigenvalue weighted by Crippen LogP contribution is 2.21. The number of rotatable bonds is 5. The molecule has 0 spiro atoms. The summed E-state index contributed by atoms with van der Waals surface area (Å²) in [7, 11) is 0. The van der Waals surface area contributed by atoms with Crippen LogP contribution in [0.1, 0.15) is 11.4 Å². The average Bonchev–Trinajstić information content (AvgIpc) is 2.65. The van der Waals surface area contributed by atoms with Gasteiger partial charge >= 0.3 is 12.3 Å². The van der Waals surface area contributed by atoms with Crippen molar-refractivity contribution in [3.05, 3.63) is 35.8 Å². The Morgan fingerprint density at radius 1 is 1.37 bits per heavy atom. The molecule has 0 saturated carbocycles. The smallest absolute Gasteiger partial charge is 0.305 e. The van der Waals surface area contributed by atoms with Crippen LogP contribution in [0.25, 0.3) is 5.65 Å². The number of aromatic nitrogens is 2. The number of halogens is 4. The molecule has 0 unspecified atom stereocenters. The van der Waals surface area contributed by atoms with Crippen LogP contribution in [0.15, 0.2) is 24.4 Å². The Labute approximate surface area is 107 Å². The first-order valence-corrected chi connectivity index (χ1v) is 5.71. The normalized spacial score (nSPS) is 12.5. The number of aryl methyl sites for hydroxylation is 1. The van der Waals surface area contributed by atoms with Gasteiger partial charge in [0.25, 0.3) is 0 Å². The molecule has 0 radical (unpaired) electrons. The van der Waals surface area contributed by atoms with Crippen LogP contribution in [0.4, 0.5) is 17.6 Å². The highest BCUT2D eigenvalue weighted by atomic mass is 19.3. The van der Waals surface area contributed by atoms with Crippen molar-refractivity contribution in [2.75, 3.05) is 6.54 Å². The Morgan fingerprint density at radius 3 is 2.79 bits per heavy atom. The van der Waals surface area contributed by atoms with E-state index in [-0.39, 0.29) is 6.54 Å². The molecule has 0 atom stereocenters. The molecule has 2 rings (SSSR count). The van der Waals surface area contributed by atoms with Gasteiger partial charge in [-0.2, -0.15) is 8.78 Å². The summed E-state index contributed by atoms with van der Waals surface area (Å²) in [5, 5.41) is 2.35. The number of hydrogen-bond acceptors (Lipinski definition) is 2. The summed E-state index contributed by atoms with van der Waals surface area (Å²) in [4.78, 5) is 4.25. The van der Waals surface area contributed by atoms with E-state index in [2.05, 4.69) is 10.3 Å². The molecule has 0 saturated heterocycles. The van der Waals surface area contributed by atoms with Gasteiger partial charge < -0.3 is 9.72 Å². The maximum absolute atomic E-state index is 12.8. The molecule has 104 valence electrons. The van der Waals surface area contributed by atoms with Crippen LogP contribution in [0.3, 0.4) is 0 Å². The average molecular weight is 275 g/mol.